The van der Waals surface area contributed by atoms with Crippen molar-refractivity contribution in [1.29, 1.82) is 0 Å². The van der Waals surface area contributed by atoms with Crippen LogP contribution in [0.1, 0.15) is 31.2 Å². The lowest BCUT2D eigenvalue weighted by Crippen LogP contribution is -2.47. The summed E-state index contributed by atoms with van der Waals surface area (Å²) in [6.07, 6.45) is 1.91. The van der Waals surface area contributed by atoms with Crippen LogP contribution in [0.4, 0.5) is 0 Å². The normalized spacial score (nSPS) is 18.1. The van der Waals surface area contributed by atoms with Gasteiger partial charge in [0.05, 0.1) is 10.9 Å². The Morgan fingerprint density at radius 1 is 1.38 bits per heavy atom. The zero-order valence-corrected chi connectivity index (χ0v) is 13.2. The highest BCUT2D eigenvalue weighted by molar-refractivity contribution is 7.80. The largest absolute Gasteiger partial charge is 0.392 e. The van der Waals surface area contributed by atoms with Crippen molar-refractivity contribution < 1.29 is 4.79 Å². The maximum absolute atomic E-state index is 12.3. The van der Waals surface area contributed by atoms with Gasteiger partial charge >= 0.3 is 0 Å². The average molecular weight is 305 g/mol. The van der Waals surface area contributed by atoms with E-state index < -0.39 is 0 Å². The number of hydrogen-bond acceptors (Lipinski definition) is 3. The van der Waals surface area contributed by atoms with Gasteiger partial charge in [0.2, 0.25) is 5.91 Å². The maximum atomic E-state index is 12.3. The highest BCUT2D eigenvalue weighted by atomic mass is 32.1. The third kappa shape index (κ3) is 4.79. The molecule has 4 nitrogen and oxygen atoms in total. The van der Waals surface area contributed by atoms with E-state index in [2.05, 4.69) is 10.2 Å². The van der Waals surface area contributed by atoms with Crippen LogP contribution in [0.3, 0.4) is 0 Å². The number of nitrogens with one attached hydrogen (secondary N) is 1. The molecule has 21 heavy (non-hydrogen) atoms. The first-order valence-corrected chi connectivity index (χ1v) is 7.83. The summed E-state index contributed by atoms with van der Waals surface area (Å²) in [5.41, 5.74) is 6.62. The molecule has 1 heterocycles. The summed E-state index contributed by atoms with van der Waals surface area (Å²) in [5.74, 6) is -0.00477. The molecule has 0 aliphatic carbocycles. The number of carbonyl (C=O) groups excluding carboxylic acids is 1. The first-order valence-electron chi connectivity index (χ1n) is 7.42. The van der Waals surface area contributed by atoms with Crippen molar-refractivity contribution >= 4 is 23.1 Å². The minimum atomic E-state index is -0.110. The van der Waals surface area contributed by atoms with Crippen LogP contribution in [0.2, 0.25) is 0 Å². The lowest BCUT2D eigenvalue weighted by atomic mass is 9.98. The Labute approximate surface area is 131 Å². The van der Waals surface area contributed by atoms with Crippen molar-refractivity contribution in [3.8, 4) is 0 Å². The van der Waals surface area contributed by atoms with Gasteiger partial charge in [0.15, 0.2) is 0 Å². The van der Waals surface area contributed by atoms with Crippen LogP contribution < -0.4 is 11.1 Å². The van der Waals surface area contributed by atoms with Crippen molar-refractivity contribution in [2.45, 2.75) is 31.7 Å². The second kappa shape index (κ2) is 7.52. The summed E-state index contributed by atoms with van der Waals surface area (Å²) in [7, 11) is 0. The number of hydrogen-bond donors (Lipinski definition) is 2. The Morgan fingerprint density at radius 3 is 2.57 bits per heavy atom. The molecule has 5 heteroatoms. The number of likely N-dealkylation sites (tertiary alicyclic amines) is 1. The molecule has 0 radical (unpaired) electrons. The molecule has 1 aliphatic rings. The number of rotatable bonds is 5. The number of amides is 1. The topological polar surface area (TPSA) is 58.4 Å². The number of nitrogens with two attached hydrogens (primary N) is 1. The number of benzene rings is 1. The minimum Gasteiger partial charge on any atom is -0.392 e. The van der Waals surface area contributed by atoms with Crippen molar-refractivity contribution in [1.82, 2.24) is 10.2 Å². The smallest absolute Gasteiger partial charge is 0.227 e. The van der Waals surface area contributed by atoms with E-state index in [0.29, 0.717) is 11.5 Å². The fourth-order valence-corrected chi connectivity index (χ4v) is 2.86. The standard InChI is InChI=1S/C16H23N3OS/c1-12(13-5-3-2-4-6-13)16(20)18-14-7-9-19(10-8-14)11-15(17)21/h2-6,12,14H,7-11H2,1H3,(H2,17,21)(H,18,20). The lowest BCUT2D eigenvalue weighted by Gasteiger charge is -2.32. The molecule has 1 aromatic carbocycles. The van der Waals surface area contributed by atoms with E-state index >= 15 is 0 Å². The van der Waals surface area contributed by atoms with Gasteiger partial charge in [-0.1, -0.05) is 42.5 Å². The zero-order chi connectivity index (χ0) is 15.2. The van der Waals surface area contributed by atoms with Crippen molar-refractivity contribution in [3.05, 3.63) is 35.9 Å². The van der Waals surface area contributed by atoms with Gasteiger partial charge in [0.1, 0.15) is 0 Å². The Kier molecular flexibility index (Phi) is 5.70. The fourth-order valence-electron chi connectivity index (χ4n) is 2.68. The molecule has 0 saturated carbocycles. The molecule has 0 aromatic heterocycles. The number of piperidine rings is 1. The van der Waals surface area contributed by atoms with Crippen molar-refractivity contribution in [2.24, 2.45) is 5.73 Å². The molecule has 1 atom stereocenters. The van der Waals surface area contributed by atoms with Gasteiger partial charge in [0, 0.05) is 25.7 Å². The summed E-state index contributed by atoms with van der Waals surface area (Å²) in [5, 5.41) is 3.16. The van der Waals surface area contributed by atoms with Crippen LogP contribution in [0.5, 0.6) is 0 Å². The molecule has 0 bridgehead atoms. The maximum Gasteiger partial charge on any atom is 0.227 e. The average Bonchev–Trinajstić information content (AvgIpc) is 2.49. The Morgan fingerprint density at radius 2 is 2.00 bits per heavy atom. The van der Waals surface area contributed by atoms with Gasteiger partial charge in [-0.05, 0) is 25.3 Å². The molecular formula is C16H23N3OS. The van der Waals surface area contributed by atoms with Gasteiger partial charge in [0.25, 0.3) is 0 Å². The molecule has 0 spiro atoms. The summed E-state index contributed by atoms with van der Waals surface area (Å²) < 4.78 is 0. The van der Waals surface area contributed by atoms with Crippen LogP contribution in [-0.4, -0.2) is 41.5 Å². The lowest BCUT2D eigenvalue weighted by molar-refractivity contribution is -0.123. The van der Waals surface area contributed by atoms with E-state index in [4.69, 9.17) is 18.0 Å². The highest BCUT2D eigenvalue weighted by Gasteiger charge is 2.23. The van der Waals surface area contributed by atoms with Crippen LogP contribution in [0, 0.1) is 0 Å². The summed E-state index contributed by atoms with van der Waals surface area (Å²) in [4.78, 5) is 15.1. The Bertz CT molecular complexity index is 484. The van der Waals surface area contributed by atoms with E-state index in [9.17, 15) is 4.79 Å². The van der Waals surface area contributed by atoms with Gasteiger partial charge in [-0.2, -0.15) is 0 Å². The summed E-state index contributed by atoms with van der Waals surface area (Å²) >= 11 is 4.93. The van der Waals surface area contributed by atoms with Crippen LogP contribution in [-0.2, 0) is 4.79 Å². The Hall–Kier alpha value is -1.46. The molecule has 3 N–H and O–H groups in total. The number of nitrogens with zero attached hydrogens (tertiary/aromatic N) is 1. The predicted molar refractivity (Wildman–Crippen MR) is 89.2 cm³/mol. The van der Waals surface area contributed by atoms with E-state index in [1.54, 1.807) is 0 Å². The van der Waals surface area contributed by atoms with Crippen molar-refractivity contribution in [2.75, 3.05) is 19.6 Å². The van der Waals surface area contributed by atoms with Crippen molar-refractivity contribution in [3.63, 3.8) is 0 Å². The van der Waals surface area contributed by atoms with E-state index in [-0.39, 0.29) is 17.9 Å². The minimum absolute atomic E-state index is 0.106. The van der Waals surface area contributed by atoms with Crippen LogP contribution in [0.15, 0.2) is 30.3 Å². The van der Waals surface area contributed by atoms with Gasteiger partial charge in [-0.15, -0.1) is 0 Å². The first kappa shape index (κ1) is 15.9. The highest BCUT2D eigenvalue weighted by Crippen LogP contribution is 2.16. The van der Waals surface area contributed by atoms with E-state index in [1.807, 2.05) is 37.3 Å². The third-order valence-electron chi connectivity index (χ3n) is 4.01. The third-order valence-corrected chi connectivity index (χ3v) is 4.14. The fraction of sp³-hybridized carbons (Fsp3) is 0.500. The van der Waals surface area contributed by atoms with Gasteiger partial charge in [-0.3, -0.25) is 9.69 Å². The molecule has 2 rings (SSSR count). The number of carbonyl (C=O) groups is 1. The molecule has 1 aliphatic heterocycles. The molecule has 1 saturated heterocycles. The molecular weight excluding hydrogens is 282 g/mol. The monoisotopic (exact) mass is 305 g/mol. The first-order chi connectivity index (χ1) is 10.1. The van der Waals surface area contributed by atoms with E-state index in [0.717, 1.165) is 31.5 Å². The Balaban J connectivity index is 1.80. The second-order valence-corrected chi connectivity index (χ2v) is 6.18. The van der Waals surface area contributed by atoms with Gasteiger partial charge in [-0.25, -0.2) is 0 Å². The second-order valence-electron chi connectivity index (χ2n) is 5.66. The van der Waals surface area contributed by atoms with Gasteiger partial charge < -0.3 is 11.1 Å². The molecule has 114 valence electrons. The van der Waals surface area contributed by atoms with E-state index in [1.165, 1.54) is 0 Å². The molecule has 1 fully saturated rings. The zero-order valence-electron chi connectivity index (χ0n) is 12.4. The molecule has 1 amide bonds. The quantitative estimate of drug-likeness (QED) is 0.812. The summed E-state index contributed by atoms with van der Waals surface area (Å²) in [6.45, 7) is 4.49. The molecule has 1 aromatic rings. The number of thiocarbonyl (C=S) groups is 1. The van der Waals surface area contributed by atoms with Crippen LogP contribution in [0.25, 0.3) is 0 Å². The SMILES string of the molecule is CC(C(=O)NC1CCN(CC(N)=S)CC1)c1ccccc1. The predicted octanol–water partition coefficient (Wildman–Crippen LogP) is 1.66. The molecule has 1 unspecified atom stereocenters. The summed E-state index contributed by atoms with van der Waals surface area (Å²) in [6, 6.07) is 10.1. The van der Waals surface area contributed by atoms with Crippen LogP contribution >= 0.6 is 12.2 Å².